The first kappa shape index (κ1) is 54.9. The number of methoxy groups -OCH3 is 2. The lowest BCUT2D eigenvalue weighted by Crippen LogP contribution is -2.51. The molecule has 19 nitrogen and oxygen atoms in total. The predicted octanol–water partition coefficient (Wildman–Crippen LogP) is 8.21. The standard InChI is InChI=1S/C61H68N8O11/c1-35(2)57(66-54(71)11-8-7-9-20-69-56(73)27-47-36(3)61(47,69)4)58(74)64-32-55(72)65-41-16-12-37(13-17-41)39-23-42-30-62-48-28-52(50(77-5)25-45(48)59(75)67(42)33-39)79-21-10-22-80-53-29-49-46(26-51(53)78-6)60(76)68-34-40(24-43(68)31-63-49)38-14-18-44(70)19-15-38/h12-19,25-26,28-31,33-36,42-43,47,57,70H,7-11,20-24,27,32H2,1-6H3,(H,64,74)(H,65,72)(H,66,71)/t36?,42?,43-,47?,57?,61?/m0/s1. The van der Waals surface area contributed by atoms with Crippen LogP contribution in [0.15, 0.2) is 95.2 Å². The molecule has 6 atom stereocenters. The van der Waals surface area contributed by atoms with Crippen LogP contribution >= 0.6 is 0 Å². The third-order valence-electron chi connectivity index (χ3n) is 16.4. The number of nitrogens with one attached hydrogen (secondary N) is 3. The number of amides is 6. The lowest BCUT2D eigenvalue weighted by molar-refractivity contribution is -0.131. The minimum Gasteiger partial charge on any atom is -0.508 e. The summed E-state index contributed by atoms with van der Waals surface area (Å²) in [4.78, 5) is 94.0. The van der Waals surface area contributed by atoms with Crippen molar-refractivity contribution >= 4 is 76.1 Å². The van der Waals surface area contributed by atoms with Crippen LogP contribution in [0.1, 0.15) is 111 Å². The second-order valence-electron chi connectivity index (χ2n) is 21.8. The van der Waals surface area contributed by atoms with E-state index in [2.05, 4.69) is 34.8 Å². The number of fused-ring (bicyclic) bond motifs is 5. The van der Waals surface area contributed by atoms with Gasteiger partial charge in [-0.2, -0.15) is 0 Å². The normalized spacial score (nSPS) is 21.5. The van der Waals surface area contributed by atoms with Crippen molar-refractivity contribution in [1.29, 1.82) is 0 Å². The number of piperidine rings is 1. The molecular weight excluding hydrogens is 1020 g/mol. The van der Waals surface area contributed by atoms with E-state index < -0.39 is 17.9 Å². The Balaban J connectivity index is 0.672. The minimum absolute atomic E-state index is 0.00546. The van der Waals surface area contributed by atoms with Gasteiger partial charge in [-0.15, -0.1) is 0 Å². The Bertz CT molecular complexity index is 3220. The Morgan fingerprint density at radius 3 is 1.79 bits per heavy atom. The Morgan fingerprint density at radius 2 is 1.26 bits per heavy atom. The van der Waals surface area contributed by atoms with Crippen LogP contribution in [-0.4, -0.2) is 132 Å². The molecule has 1 saturated heterocycles. The van der Waals surface area contributed by atoms with Crippen LogP contribution in [0.25, 0.3) is 11.1 Å². The van der Waals surface area contributed by atoms with Crippen LogP contribution in [0.4, 0.5) is 17.1 Å². The third kappa shape index (κ3) is 11.2. The molecule has 1 saturated carbocycles. The van der Waals surface area contributed by atoms with Gasteiger partial charge >= 0.3 is 0 Å². The summed E-state index contributed by atoms with van der Waals surface area (Å²) in [5.41, 5.74) is 5.83. The van der Waals surface area contributed by atoms with E-state index in [-0.39, 0.29) is 79.1 Å². The number of phenolic OH excluding ortho intramolecular Hbond substituents is 1. The molecule has 0 spiro atoms. The van der Waals surface area contributed by atoms with E-state index in [9.17, 15) is 33.9 Å². The molecule has 4 aromatic rings. The Labute approximate surface area is 465 Å². The number of carbonyl (C=O) groups excluding carboxylic acids is 6. The van der Waals surface area contributed by atoms with E-state index in [1.165, 1.54) is 14.2 Å². The fourth-order valence-electron chi connectivity index (χ4n) is 11.6. The molecule has 5 unspecified atom stereocenters. The van der Waals surface area contributed by atoms with Crippen molar-refractivity contribution in [2.24, 2.45) is 27.7 Å². The molecule has 5 heterocycles. The van der Waals surface area contributed by atoms with E-state index in [0.29, 0.717) is 102 Å². The lowest BCUT2D eigenvalue weighted by atomic mass is 10.0. The van der Waals surface area contributed by atoms with Gasteiger partial charge in [-0.25, -0.2) is 0 Å². The largest absolute Gasteiger partial charge is 0.508 e. The van der Waals surface area contributed by atoms with Crippen molar-refractivity contribution in [2.75, 3.05) is 45.8 Å². The number of rotatable bonds is 22. The quantitative estimate of drug-likeness (QED) is 0.0548. The van der Waals surface area contributed by atoms with Crippen LogP contribution in [0.5, 0.6) is 28.7 Å². The Hall–Kier alpha value is -8.48. The number of aliphatic imine (C=N–C) groups is 2. The molecule has 2 fully saturated rings. The first-order valence-electron chi connectivity index (χ1n) is 27.5. The van der Waals surface area contributed by atoms with Crippen molar-refractivity contribution in [2.45, 2.75) is 103 Å². The molecule has 6 amide bonds. The number of benzene rings is 4. The summed E-state index contributed by atoms with van der Waals surface area (Å²) >= 11 is 0. The molecule has 4 aromatic carbocycles. The molecule has 19 heteroatoms. The monoisotopic (exact) mass is 1090 g/mol. The van der Waals surface area contributed by atoms with Gasteiger partial charge in [0.2, 0.25) is 23.6 Å². The molecule has 1 aliphatic carbocycles. The molecule has 0 radical (unpaired) electrons. The summed E-state index contributed by atoms with van der Waals surface area (Å²) in [6, 6.07) is 19.4. The van der Waals surface area contributed by atoms with Crippen molar-refractivity contribution in [3.8, 4) is 28.7 Å². The van der Waals surface area contributed by atoms with E-state index in [4.69, 9.17) is 23.9 Å². The molecule has 80 heavy (non-hydrogen) atoms. The van der Waals surface area contributed by atoms with Gasteiger partial charge < -0.3 is 54.7 Å². The van der Waals surface area contributed by atoms with Crippen molar-refractivity contribution < 1.29 is 52.8 Å². The average Bonchev–Trinajstić information content (AvgIpc) is 2.15. The van der Waals surface area contributed by atoms with Gasteiger partial charge in [0.25, 0.3) is 11.8 Å². The van der Waals surface area contributed by atoms with Gasteiger partial charge in [0.05, 0.1) is 68.6 Å². The maximum Gasteiger partial charge on any atom is 0.260 e. The zero-order chi connectivity index (χ0) is 56.4. The van der Waals surface area contributed by atoms with Gasteiger partial charge in [-0.05, 0) is 96.2 Å². The number of aromatic hydroxyl groups is 1. The highest BCUT2D eigenvalue weighted by Crippen LogP contribution is 2.60. The molecule has 5 aliphatic heterocycles. The number of nitrogens with zero attached hydrogens (tertiary/aromatic N) is 5. The number of anilines is 1. The number of likely N-dealkylation sites (tertiary alicyclic amines) is 1. The van der Waals surface area contributed by atoms with Gasteiger partial charge in [-0.1, -0.05) is 51.5 Å². The number of phenols is 1. The second kappa shape index (κ2) is 23.1. The van der Waals surface area contributed by atoms with Crippen LogP contribution in [0.3, 0.4) is 0 Å². The van der Waals surface area contributed by atoms with Crippen LogP contribution in [0, 0.1) is 17.8 Å². The SMILES string of the molecule is COc1cc2c(cc1OCCCOc1cc3c(cc1OC)C(=O)N1C=C(c4ccc(O)cc4)C[C@H]1C=N3)N=CC1CC(c3ccc(NC(=O)CNC(=O)C(NC(=O)CCCCCN4C(=O)CC5C(C)C54C)C(C)C)cc3)=CN1C2=O. The summed E-state index contributed by atoms with van der Waals surface area (Å²) in [6.07, 6.45) is 11.9. The van der Waals surface area contributed by atoms with E-state index >= 15 is 0 Å². The molecule has 0 bridgehead atoms. The second-order valence-corrected chi connectivity index (χ2v) is 21.8. The zero-order valence-corrected chi connectivity index (χ0v) is 46.0. The van der Waals surface area contributed by atoms with E-state index in [1.807, 2.05) is 55.4 Å². The van der Waals surface area contributed by atoms with Gasteiger partial charge in [-0.3, -0.25) is 38.8 Å². The van der Waals surface area contributed by atoms with Gasteiger partial charge in [0.15, 0.2) is 23.0 Å². The summed E-state index contributed by atoms with van der Waals surface area (Å²) in [7, 11) is 3.02. The third-order valence-corrected chi connectivity index (χ3v) is 16.4. The molecule has 418 valence electrons. The summed E-state index contributed by atoms with van der Waals surface area (Å²) in [5.74, 6) is 1.24. The van der Waals surface area contributed by atoms with Crippen LogP contribution in [-0.2, 0) is 19.2 Å². The Kier molecular flexibility index (Phi) is 15.8. The first-order valence-corrected chi connectivity index (χ1v) is 27.5. The highest BCUT2D eigenvalue weighted by atomic mass is 16.5. The maximum atomic E-state index is 14.1. The maximum absolute atomic E-state index is 14.1. The highest BCUT2D eigenvalue weighted by molar-refractivity contribution is 6.07. The fourth-order valence-corrected chi connectivity index (χ4v) is 11.6. The fraction of sp³-hybridized carbons (Fsp3) is 0.410. The number of hydrogen-bond acceptors (Lipinski definition) is 13. The molecular formula is C61H68N8O11. The zero-order valence-electron chi connectivity index (χ0n) is 46.0. The predicted molar refractivity (Wildman–Crippen MR) is 302 cm³/mol. The molecule has 0 aromatic heterocycles. The van der Waals surface area contributed by atoms with Crippen molar-refractivity contribution in [1.82, 2.24) is 25.3 Å². The van der Waals surface area contributed by atoms with E-state index in [1.54, 1.807) is 70.8 Å². The van der Waals surface area contributed by atoms with Gasteiger partial charge in [0.1, 0.15) is 11.8 Å². The summed E-state index contributed by atoms with van der Waals surface area (Å²) in [5, 5.41) is 18.1. The number of unbranched alkanes of at least 4 members (excludes halogenated alkanes) is 2. The van der Waals surface area contributed by atoms with Crippen molar-refractivity contribution in [3.63, 3.8) is 0 Å². The molecule has 10 rings (SSSR count). The van der Waals surface area contributed by atoms with Crippen LogP contribution in [0.2, 0.25) is 0 Å². The number of ether oxygens (including phenoxy) is 4. The number of carbonyl (C=O) groups is 6. The summed E-state index contributed by atoms with van der Waals surface area (Å²) in [6.45, 7) is 8.96. The average molecular weight is 1090 g/mol. The highest BCUT2D eigenvalue weighted by Gasteiger charge is 2.67. The van der Waals surface area contributed by atoms with Crippen molar-refractivity contribution in [3.05, 3.63) is 107 Å². The topological polar surface area (TPSA) is 230 Å². The van der Waals surface area contributed by atoms with Gasteiger partial charge in [0, 0.05) is 86.8 Å². The smallest absolute Gasteiger partial charge is 0.260 e. The lowest BCUT2D eigenvalue weighted by Gasteiger charge is -2.27. The minimum atomic E-state index is -0.805. The van der Waals surface area contributed by atoms with Crippen LogP contribution < -0.4 is 34.9 Å². The summed E-state index contributed by atoms with van der Waals surface area (Å²) < 4.78 is 23.6. The Morgan fingerprint density at radius 1 is 0.713 bits per heavy atom. The van der Waals surface area contributed by atoms with E-state index in [0.717, 1.165) is 35.1 Å². The molecule has 6 aliphatic rings. The molecule has 4 N–H and O–H groups in total. The first-order chi connectivity index (χ1) is 38.5. The number of hydrogen-bond donors (Lipinski definition) is 4.